The number of halogens is 2. The molecule has 6 nitrogen and oxygen atoms in total. The van der Waals surface area contributed by atoms with Crippen LogP contribution >= 0.6 is 28.3 Å². The molecular formula is C16H21BrClN5O. The van der Waals surface area contributed by atoms with E-state index < -0.39 is 0 Å². The van der Waals surface area contributed by atoms with Gasteiger partial charge < -0.3 is 5.32 Å². The van der Waals surface area contributed by atoms with Crippen molar-refractivity contribution in [2.75, 3.05) is 18.4 Å². The van der Waals surface area contributed by atoms with Crippen molar-refractivity contribution in [2.45, 2.75) is 25.7 Å². The molecule has 3 rings (SSSR count). The van der Waals surface area contributed by atoms with Gasteiger partial charge in [-0.05, 0) is 50.6 Å². The number of aromatic nitrogens is 3. The molecule has 1 saturated heterocycles. The summed E-state index contributed by atoms with van der Waals surface area (Å²) in [7, 11) is 1.81. The van der Waals surface area contributed by atoms with E-state index in [4.69, 9.17) is 0 Å². The highest BCUT2D eigenvalue weighted by Gasteiger charge is 2.22. The minimum Gasteiger partial charge on any atom is -0.317 e. The van der Waals surface area contributed by atoms with Gasteiger partial charge in [0.15, 0.2) is 5.82 Å². The van der Waals surface area contributed by atoms with E-state index in [9.17, 15) is 4.79 Å². The summed E-state index contributed by atoms with van der Waals surface area (Å²) in [5.74, 6) is 1.50. The first-order valence-corrected chi connectivity index (χ1v) is 8.53. The van der Waals surface area contributed by atoms with Crippen LogP contribution < -0.4 is 10.6 Å². The quantitative estimate of drug-likeness (QED) is 0.810. The fourth-order valence-corrected chi connectivity index (χ4v) is 3.15. The number of anilines is 1. The second-order valence-corrected chi connectivity index (χ2v) is 6.66. The van der Waals surface area contributed by atoms with Crippen molar-refractivity contribution < 1.29 is 4.79 Å². The van der Waals surface area contributed by atoms with Crippen molar-refractivity contribution in [2.24, 2.45) is 7.05 Å². The van der Waals surface area contributed by atoms with Crippen LogP contribution in [0, 0.1) is 6.92 Å². The lowest BCUT2D eigenvalue weighted by atomic mass is 9.98. The molecule has 8 heteroatoms. The van der Waals surface area contributed by atoms with Gasteiger partial charge >= 0.3 is 0 Å². The van der Waals surface area contributed by atoms with Crippen molar-refractivity contribution >= 4 is 40.2 Å². The summed E-state index contributed by atoms with van der Waals surface area (Å²) in [5.41, 5.74) is 1.54. The number of piperidine rings is 1. The molecule has 0 radical (unpaired) electrons. The molecule has 0 aliphatic carbocycles. The SMILES string of the molecule is Cc1c(Br)cccc1C(=O)Nc1nc(C2CCNCC2)nn1C.Cl. The Morgan fingerprint density at radius 2 is 2.08 bits per heavy atom. The highest BCUT2D eigenvalue weighted by atomic mass is 79.9. The van der Waals surface area contributed by atoms with Crippen molar-refractivity contribution in [3.05, 3.63) is 39.6 Å². The molecule has 0 bridgehead atoms. The second kappa shape index (κ2) is 8.09. The van der Waals surface area contributed by atoms with Gasteiger partial charge in [-0.1, -0.05) is 22.0 Å². The zero-order valence-electron chi connectivity index (χ0n) is 13.7. The number of carbonyl (C=O) groups excluding carboxylic acids is 1. The van der Waals surface area contributed by atoms with Crippen molar-refractivity contribution in [3.63, 3.8) is 0 Å². The number of rotatable bonds is 3. The van der Waals surface area contributed by atoms with Crippen LogP contribution in [0.15, 0.2) is 22.7 Å². The van der Waals surface area contributed by atoms with Gasteiger partial charge in [0, 0.05) is 23.0 Å². The molecule has 0 unspecified atom stereocenters. The van der Waals surface area contributed by atoms with Gasteiger partial charge in [0.25, 0.3) is 5.91 Å². The highest BCUT2D eigenvalue weighted by molar-refractivity contribution is 9.10. The fraction of sp³-hybridized carbons (Fsp3) is 0.438. The molecule has 1 amide bonds. The molecule has 2 aromatic rings. The Hall–Kier alpha value is -1.44. The maximum absolute atomic E-state index is 12.5. The first-order chi connectivity index (χ1) is 11.1. The number of benzene rings is 1. The first kappa shape index (κ1) is 18.9. The number of nitrogens with zero attached hydrogens (tertiary/aromatic N) is 3. The van der Waals surface area contributed by atoms with E-state index >= 15 is 0 Å². The summed E-state index contributed by atoms with van der Waals surface area (Å²) in [4.78, 5) is 17.0. The van der Waals surface area contributed by atoms with E-state index in [2.05, 4.69) is 36.6 Å². The van der Waals surface area contributed by atoms with Crippen molar-refractivity contribution in [1.29, 1.82) is 0 Å². The third kappa shape index (κ3) is 3.96. The predicted molar refractivity (Wildman–Crippen MR) is 99.9 cm³/mol. The number of aryl methyl sites for hydroxylation is 1. The molecule has 1 fully saturated rings. The Bertz CT molecular complexity index is 727. The third-order valence-electron chi connectivity index (χ3n) is 4.22. The van der Waals surface area contributed by atoms with Gasteiger partial charge in [-0.25, -0.2) is 4.68 Å². The molecule has 1 aromatic carbocycles. The zero-order chi connectivity index (χ0) is 16.4. The standard InChI is InChI=1S/C16H20BrN5O.ClH/c1-10-12(4-3-5-13(10)17)15(23)20-16-19-14(21-22(16)2)11-6-8-18-9-7-11;/h3-5,11,18H,6-9H2,1-2H3,(H,19,20,21,23);1H. The largest absolute Gasteiger partial charge is 0.317 e. The Labute approximate surface area is 156 Å². The molecule has 1 aliphatic heterocycles. The average molecular weight is 415 g/mol. The molecular weight excluding hydrogens is 394 g/mol. The smallest absolute Gasteiger partial charge is 0.258 e. The molecule has 1 aliphatic rings. The Kier molecular flexibility index (Phi) is 6.37. The molecule has 0 saturated carbocycles. The molecule has 2 N–H and O–H groups in total. The van der Waals surface area contributed by atoms with Gasteiger partial charge in [0.05, 0.1) is 0 Å². The molecule has 24 heavy (non-hydrogen) atoms. The molecule has 2 heterocycles. The Balaban J connectivity index is 0.00000208. The Morgan fingerprint density at radius 1 is 1.38 bits per heavy atom. The predicted octanol–water partition coefficient (Wildman–Crippen LogP) is 3.03. The summed E-state index contributed by atoms with van der Waals surface area (Å²) >= 11 is 3.45. The topological polar surface area (TPSA) is 71.8 Å². The van der Waals surface area contributed by atoms with E-state index in [1.807, 2.05) is 19.1 Å². The van der Waals surface area contributed by atoms with Crippen LogP contribution in [0.5, 0.6) is 0 Å². The van der Waals surface area contributed by atoms with Crippen LogP contribution in [0.25, 0.3) is 0 Å². The normalized spacial score (nSPS) is 15.0. The average Bonchev–Trinajstić information content (AvgIpc) is 2.92. The number of hydrogen-bond acceptors (Lipinski definition) is 4. The monoisotopic (exact) mass is 413 g/mol. The lowest BCUT2D eigenvalue weighted by Crippen LogP contribution is -2.27. The fourth-order valence-electron chi connectivity index (χ4n) is 2.79. The minimum atomic E-state index is -0.170. The summed E-state index contributed by atoms with van der Waals surface area (Å²) in [6.45, 7) is 3.89. The van der Waals surface area contributed by atoms with Gasteiger partial charge in [-0.3, -0.25) is 10.1 Å². The number of amides is 1. The van der Waals surface area contributed by atoms with E-state index in [0.29, 0.717) is 17.4 Å². The maximum atomic E-state index is 12.5. The van der Waals surface area contributed by atoms with Crippen molar-refractivity contribution in [1.82, 2.24) is 20.1 Å². The first-order valence-electron chi connectivity index (χ1n) is 7.74. The molecule has 1 aromatic heterocycles. The number of hydrogen-bond donors (Lipinski definition) is 2. The maximum Gasteiger partial charge on any atom is 0.258 e. The van der Waals surface area contributed by atoms with Crippen LogP contribution in [-0.2, 0) is 7.05 Å². The summed E-state index contributed by atoms with van der Waals surface area (Å²) in [5, 5.41) is 10.7. The van der Waals surface area contributed by atoms with Crippen LogP contribution in [0.1, 0.15) is 40.5 Å². The lowest BCUT2D eigenvalue weighted by molar-refractivity contribution is 0.102. The highest BCUT2D eigenvalue weighted by Crippen LogP contribution is 2.24. The summed E-state index contributed by atoms with van der Waals surface area (Å²) < 4.78 is 2.56. The Morgan fingerprint density at radius 3 is 2.79 bits per heavy atom. The van der Waals surface area contributed by atoms with Crippen LogP contribution in [0.2, 0.25) is 0 Å². The molecule has 0 spiro atoms. The molecule has 130 valence electrons. The van der Waals surface area contributed by atoms with Gasteiger partial charge in [0.2, 0.25) is 5.95 Å². The summed E-state index contributed by atoms with van der Waals surface area (Å²) in [6, 6.07) is 5.58. The van der Waals surface area contributed by atoms with Gasteiger partial charge in [-0.2, -0.15) is 10.1 Å². The lowest BCUT2D eigenvalue weighted by Gasteiger charge is -2.19. The van der Waals surface area contributed by atoms with E-state index in [-0.39, 0.29) is 18.3 Å². The van der Waals surface area contributed by atoms with Crippen molar-refractivity contribution in [3.8, 4) is 0 Å². The number of nitrogens with one attached hydrogen (secondary N) is 2. The van der Waals surface area contributed by atoms with Crippen LogP contribution in [0.4, 0.5) is 5.95 Å². The van der Waals surface area contributed by atoms with Crippen LogP contribution in [-0.4, -0.2) is 33.8 Å². The van der Waals surface area contributed by atoms with Gasteiger partial charge in [0.1, 0.15) is 0 Å². The van der Waals surface area contributed by atoms with Crippen LogP contribution in [0.3, 0.4) is 0 Å². The number of carbonyl (C=O) groups is 1. The summed E-state index contributed by atoms with van der Waals surface area (Å²) in [6.07, 6.45) is 2.06. The van der Waals surface area contributed by atoms with E-state index in [0.717, 1.165) is 41.8 Å². The third-order valence-corrected chi connectivity index (χ3v) is 5.08. The second-order valence-electron chi connectivity index (χ2n) is 5.81. The van der Waals surface area contributed by atoms with E-state index in [1.165, 1.54) is 0 Å². The van der Waals surface area contributed by atoms with E-state index in [1.54, 1.807) is 17.8 Å². The molecule has 0 atom stereocenters. The minimum absolute atomic E-state index is 0. The zero-order valence-corrected chi connectivity index (χ0v) is 16.1. The van der Waals surface area contributed by atoms with Gasteiger partial charge in [-0.15, -0.1) is 12.4 Å².